The number of hydrogen-bond donors (Lipinski definition) is 1. The summed E-state index contributed by atoms with van der Waals surface area (Å²) in [6.45, 7) is 0.618. The minimum absolute atomic E-state index is 0.135. The number of carboxylic acid groups (broad SMARTS) is 1. The predicted molar refractivity (Wildman–Crippen MR) is 88.9 cm³/mol. The number of furan rings is 1. The number of ether oxygens (including phenoxy) is 1. The first kappa shape index (κ1) is 16.6. The van der Waals surface area contributed by atoms with Gasteiger partial charge in [0.25, 0.3) is 5.91 Å². The number of halogens is 1. The summed E-state index contributed by atoms with van der Waals surface area (Å²) < 4.78 is 12.0. The first-order valence-electron chi connectivity index (χ1n) is 7.55. The van der Waals surface area contributed by atoms with E-state index >= 15 is 0 Å². The van der Waals surface area contributed by atoms with E-state index in [4.69, 9.17) is 14.3 Å². The largest absolute Gasteiger partial charge is 0.486 e. The molecule has 1 aliphatic heterocycles. The molecule has 1 aliphatic rings. The SMILES string of the molecule is O=C(O)C1CCCN1C(=O)c1ccc(COc2cccc(Br)c2)o1. The lowest BCUT2D eigenvalue weighted by molar-refractivity contribution is -0.141. The second-order valence-electron chi connectivity index (χ2n) is 5.51. The monoisotopic (exact) mass is 393 g/mol. The third kappa shape index (κ3) is 3.62. The van der Waals surface area contributed by atoms with Crippen molar-refractivity contribution < 1.29 is 23.8 Å². The Morgan fingerprint density at radius 1 is 1.33 bits per heavy atom. The quantitative estimate of drug-likeness (QED) is 0.842. The van der Waals surface area contributed by atoms with E-state index in [-0.39, 0.29) is 12.4 Å². The van der Waals surface area contributed by atoms with E-state index < -0.39 is 17.9 Å². The van der Waals surface area contributed by atoms with Crippen LogP contribution >= 0.6 is 15.9 Å². The molecule has 1 saturated heterocycles. The third-order valence-electron chi connectivity index (χ3n) is 3.85. The molecule has 0 bridgehead atoms. The normalized spacial score (nSPS) is 17.0. The fourth-order valence-electron chi connectivity index (χ4n) is 2.69. The van der Waals surface area contributed by atoms with Gasteiger partial charge in [0, 0.05) is 11.0 Å². The number of carbonyl (C=O) groups is 2. The maximum Gasteiger partial charge on any atom is 0.326 e. The summed E-state index contributed by atoms with van der Waals surface area (Å²) in [4.78, 5) is 25.0. The molecule has 0 aliphatic carbocycles. The van der Waals surface area contributed by atoms with Gasteiger partial charge in [0.15, 0.2) is 5.76 Å². The van der Waals surface area contributed by atoms with Crippen molar-refractivity contribution in [1.29, 1.82) is 0 Å². The second-order valence-corrected chi connectivity index (χ2v) is 6.42. The highest BCUT2D eigenvalue weighted by Gasteiger charge is 2.35. The Labute approximate surface area is 147 Å². The summed E-state index contributed by atoms with van der Waals surface area (Å²) in [5, 5.41) is 9.17. The van der Waals surface area contributed by atoms with Gasteiger partial charge in [-0.15, -0.1) is 0 Å². The zero-order chi connectivity index (χ0) is 17.1. The van der Waals surface area contributed by atoms with Crippen LogP contribution in [0.15, 0.2) is 45.3 Å². The van der Waals surface area contributed by atoms with Gasteiger partial charge in [-0.3, -0.25) is 4.79 Å². The van der Waals surface area contributed by atoms with Crippen LogP contribution in [-0.4, -0.2) is 34.5 Å². The third-order valence-corrected chi connectivity index (χ3v) is 4.34. The van der Waals surface area contributed by atoms with Gasteiger partial charge in [0.2, 0.25) is 0 Å². The first-order valence-corrected chi connectivity index (χ1v) is 8.35. The molecular weight excluding hydrogens is 378 g/mol. The molecule has 126 valence electrons. The smallest absolute Gasteiger partial charge is 0.326 e. The van der Waals surface area contributed by atoms with E-state index in [0.717, 1.165) is 4.47 Å². The first-order chi connectivity index (χ1) is 11.5. The van der Waals surface area contributed by atoms with Crippen molar-refractivity contribution in [3.8, 4) is 5.75 Å². The summed E-state index contributed by atoms with van der Waals surface area (Å²) in [5.74, 6) is -0.0567. The molecule has 24 heavy (non-hydrogen) atoms. The van der Waals surface area contributed by atoms with E-state index in [2.05, 4.69) is 15.9 Å². The molecule has 1 aromatic carbocycles. The minimum atomic E-state index is -0.981. The Balaban J connectivity index is 1.64. The predicted octanol–water partition coefficient (Wildman–Crippen LogP) is 3.31. The van der Waals surface area contributed by atoms with Gasteiger partial charge in [-0.25, -0.2) is 4.79 Å². The molecule has 1 atom stereocenters. The molecule has 0 radical (unpaired) electrons. The Hall–Kier alpha value is -2.28. The van der Waals surface area contributed by atoms with Crippen LogP contribution in [0, 0.1) is 0 Å². The number of nitrogens with zero attached hydrogens (tertiary/aromatic N) is 1. The zero-order valence-electron chi connectivity index (χ0n) is 12.8. The summed E-state index contributed by atoms with van der Waals surface area (Å²) in [6.07, 6.45) is 1.16. The molecule has 0 saturated carbocycles. The second kappa shape index (κ2) is 7.09. The van der Waals surface area contributed by atoms with Crippen LogP contribution in [0.5, 0.6) is 5.75 Å². The maximum absolute atomic E-state index is 12.4. The topological polar surface area (TPSA) is 80.0 Å². The van der Waals surface area contributed by atoms with Crippen molar-refractivity contribution in [2.24, 2.45) is 0 Å². The highest BCUT2D eigenvalue weighted by atomic mass is 79.9. The highest BCUT2D eigenvalue weighted by Crippen LogP contribution is 2.23. The number of likely N-dealkylation sites (tertiary alicyclic amines) is 1. The Morgan fingerprint density at radius 3 is 2.92 bits per heavy atom. The molecule has 6 nitrogen and oxygen atoms in total. The molecule has 0 spiro atoms. The average molecular weight is 394 g/mol. The molecule has 2 heterocycles. The van der Waals surface area contributed by atoms with Gasteiger partial charge in [-0.1, -0.05) is 22.0 Å². The number of aliphatic carboxylic acids is 1. The standard InChI is InChI=1S/C17H16BrNO5/c18-11-3-1-4-12(9-11)23-10-13-6-7-15(24-13)16(20)19-8-2-5-14(19)17(21)22/h1,3-4,6-7,9,14H,2,5,8,10H2,(H,21,22). The van der Waals surface area contributed by atoms with Gasteiger partial charge < -0.3 is 19.2 Å². The Kier molecular flexibility index (Phi) is 4.89. The van der Waals surface area contributed by atoms with Gasteiger partial charge in [-0.2, -0.15) is 0 Å². The molecule has 7 heteroatoms. The lowest BCUT2D eigenvalue weighted by Gasteiger charge is -2.19. The number of benzene rings is 1. The van der Waals surface area contributed by atoms with Gasteiger partial charge in [-0.05, 0) is 43.2 Å². The molecule has 1 fully saturated rings. The molecule has 1 amide bonds. The number of carbonyl (C=O) groups excluding carboxylic acids is 1. The lowest BCUT2D eigenvalue weighted by Crippen LogP contribution is -2.40. The van der Waals surface area contributed by atoms with E-state index in [1.807, 2.05) is 24.3 Å². The lowest BCUT2D eigenvalue weighted by atomic mass is 10.2. The molecule has 3 rings (SSSR count). The summed E-state index contributed by atoms with van der Waals surface area (Å²) >= 11 is 3.36. The number of amides is 1. The van der Waals surface area contributed by atoms with E-state index in [1.165, 1.54) is 4.90 Å². The van der Waals surface area contributed by atoms with Crippen molar-refractivity contribution >= 4 is 27.8 Å². The van der Waals surface area contributed by atoms with Crippen molar-refractivity contribution in [3.63, 3.8) is 0 Å². The van der Waals surface area contributed by atoms with Crippen molar-refractivity contribution in [2.75, 3.05) is 6.54 Å². The summed E-state index contributed by atoms with van der Waals surface area (Å²) in [7, 11) is 0. The van der Waals surface area contributed by atoms with Gasteiger partial charge >= 0.3 is 5.97 Å². The molecular formula is C17H16BrNO5. The van der Waals surface area contributed by atoms with Crippen LogP contribution in [0.2, 0.25) is 0 Å². The fourth-order valence-corrected chi connectivity index (χ4v) is 3.07. The minimum Gasteiger partial charge on any atom is -0.486 e. The number of carboxylic acids is 1. The van der Waals surface area contributed by atoms with Crippen LogP contribution < -0.4 is 4.74 Å². The van der Waals surface area contributed by atoms with Crippen LogP contribution in [-0.2, 0) is 11.4 Å². The maximum atomic E-state index is 12.4. The van der Waals surface area contributed by atoms with Gasteiger partial charge in [0.1, 0.15) is 24.2 Å². The van der Waals surface area contributed by atoms with Crippen LogP contribution in [0.4, 0.5) is 0 Å². The van der Waals surface area contributed by atoms with Crippen LogP contribution in [0.25, 0.3) is 0 Å². The van der Waals surface area contributed by atoms with E-state index in [1.54, 1.807) is 12.1 Å². The van der Waals surface area contributed by atoms with Crippen molar-refractivity contribution in [1.82, 2.24) is 4.90 Å². The number of rotatable bonds is 5. The Bertz CT molecular complexity index is 757. The Morgan fingerprint density at radius 2 is 2.17 bits per heavy atom. The van der Waals surface area contributed by atoms with Gasteiger partial charge in [0.05, 0.1) is 0 Å². The van der Waals surface area contributed by atoms with Crippen LogP contribution in [0.3, 0.4) is 0 Å². The summed E-state index contributed by atoms with van der Waals surface area (Å²) in [6, 6.07) is 9.85. The molecule has 1 unspecified atom stereocenters. The van der Waals surface area contributed by atoms with Crippen LogP contribution in [0.1, 0.15) is 29.2 Å². The number of hydrogen-bond acceptors (Lipinski definition) is 4. The van der Waals surface area contributed by atoms with Crippen molar-refractivity contribution in [2.45, 2.75) is 25.5 Å². The zero-order valence-corrected chi connectivity index (χ0v) is 14.4. The van der Waals surface area contributed by atoms with E-state index in [9.17, 15) is 9.59 Å². The van der Waals surface area contributed by atoms with Crippen molar-refractivity contribution in [3.05, 3.63) is 52.4 Å². The molecule has 2 aromatic rings. The average Bonchev–Trinajstić information content (AvgIpc) is 3.22. The fraction of sp³-hybridized carbons (Fsp3) is 0.294. The highest BCUT2D eigenvalue weighted by molar-refractivity contribution is 9.10. The van der Waals surface area contributed by atoms with E-state index in [0.29, 0.717) is 30.9 Å². The molecule has 1 aromatic heterocycles. The molecule has 1 N–H and O–H groups in total. The summed E-state index contributed by atoms with van der Waals surface area (Å²) in [5.41, 5.74) is 0.